The minimum atomic E-state index is -0.386. The highest BCUT2D eigenvalue weighted by Crippen LogP contribution is 2.36. The fourth-order valence-corrected chi connectivity index (χ4v) is 4.51. The van der Waals surface area contributed by atoms with Gasteiger partial charge < -0.3 is 10.4 Å². The van der Waals surface area contributed by atoms with Crippen LogP contribution in [0.1, 0.15) is 38.0 Å². The van der Waals surface area contributed by atoms with Gasteiger partial charge in [-0.1, -0.05) is 36.9 Å². The number of hydrogen-bond donors (Lipinski definition) is 3. The monoisotopic (exact) mass is 423 g/mol. The van der Waals surface area contributed by atoms with Gasteiger partial charge in [-0.05, 0) is 25.3 Å². The molecule has 28 heavy (non-hydrogen) atoms. The van der Waals surface area contributed by atoms with Crippen molar-refractivity contribution in [3.05, 3.63) is 39.5 Å². The molecule has 0 amide bonds. The predicted molar refractivity (Wildman–Crippen MR) is 110 cm³/mol. The molecule has 3 heterocycles. The first-order valence-corrected chi connectivity index (χ1v) is 10.6. The second kappa shape index (κ2) is 8.97. The van der Waals surface area contributed by atoms with Crippen molar-refractivity contribution in [2.75, 3.05) is 11.9 Å². The zero-order chi connectivity index (χ0) is 20.3. The van der Waals surface area contributed by atoms with Crippen molar-refractivity contribution in [1.29, 1.82) is 0 Å². The first-order valence-electron chi connectivity index (χ1n) is 8.91. The molecular weight excluding hydrogens is 401 g/mol. The van der Waals surface area contributed by atoms with E-state index in [0.717, 1.165) is 17.8 Å². The third-order valence-corrected chi connectivity index (χ3v) is 5.98. The van der Waals surface area contributed by atoms with Gasteiger partial charge in [0.25, 0.3) is 0 Å². The summed E-state index contributed by atoms with van der Waals surface area (Å²) in [6, 6.07) is 1.44. The van der Waals surface area contributed by atoms with Crippen molar-refractivity contribution in [2.24, 2.45) is 5.92 Å². The molecule has 0 aromatic carbocycles. The maximum atomic E-state index is 14.0. The molecule has 0 aliphatic heterocycles. The topological polar surface area (TPSA) is 104 Å². The summed E-state index contributed by atoms with van der Waals surface area (Å²) in [5.74, 6) is 0.497. The van der Waals surface area contributed by atoms with Gasteiger partial charge in [-0.15, -0.1) is 0 Å². The Balaban J connectivity index is 1.93. The molecule has 0 radical (unpaired) electrons. The number of thioether (sulfide) groups is 1. The van der Waals surface area contributed by atoms with E-state index in [-0.39, 0.29) is 28.6 Å². The van der Waals surface area contributed by atoms with Crippen molar-refractivity contribution in [2.45, 2.75) is 43.6 Å². The van der Waals surface area contributed by atoms with Crippen LogP contribution < -0.4 is 10.2 Å². The van der Waals surface area contributed by atoms with E-state index in [0.29, 0.717) is 32.8 Å². The van der Waals surface area contributed by atoms with Crippen molar-refractivity contribution in [1.82, 2.24) is 19.9 Å². The van der Waals surface area contributed by atoms with E-state index in [9.17, 15) is 14.3 Å². The largest absolute Gasteiger partial charge is 0.394 e. The highest BCUT2D eigenvalue weighted by molar-refractivity contribution is 7.99. The summed E-state index contributed by atoms with van der Waals surface area (Å²) < 4.78 is 14.6. The lowest BCUT2D eigenvalue weighted by atomic mass is 10.0. The number of H-pyrrole nitrogens is 1. The van der Waals surface area contributed by atoms with Crippen LogP contribution in [0.5, 0.6) is 0 Å². The van der Waals surface area contributed by atoms with Crippen LogP contribution in [0.15, 0.2) is 28.4 Å². The van der Waals surface area contributed by atoms with E-state index in [1.54, 1.807) is 12.3 Å². The van der Waals surface area contributed by atoms with Crippen LogP contribution in [-0.2, 0) is 0 Å². The SMILES string of the molecule is CC(C)C[C@H](CO)Nc1nc(SC(C)c2ccncc2F)nc2[nH]c(=O)sc12. The quantitative estimate of drug-likeness (QED) is 0.376. The lowest BCUT2D eigenvalue weighted by molar-refractivity contribution is 0.259. The van der Waals surface area contributed by atoms with Gasteiger partial charge in [0, 0.05) is 17.0 Å². The molecule has 0 aliphatic rings. The van der Waals surface area contributed by atoms with Crippen LogP contribution >= 0.6 is 23.1 Å². The number of aromatic amines is 1. The number of pyridine rings is 1. The number of anilines is 1. The van der Waals surface area contributed by atoms with Crippen LogP contribution in [0.2, 0.25) is 0 Å². The number of halogens is 1. The number of aliphatic hydroxyl groups is 1. The summed E-state index contributed by atoms with van der Waals surface area (Å²) in [7, 11) is 0. The zero-order valence-electron chi connectivity index (χ0n) is 15.8. The Morgan fingerprint density at radius 1 is 1.36 bits per heavy atom. The van der Waals surface area contributed by atoms with Crippen LogP contribution in [0.3, 0.4) is 0 Å². The van der Waals surface area contributed by atoms with Gasteiger partial charge in [0.1, 0.15) is 10.5 Å². The van der Waals surface area contributed by atoms with Crippen LogP contribution in [0, 0.1) is 11.7 Å². The standard InChI is InChI=1S/C18H22FN5O2S2/c1-9(2)6-11(8-25)21-15-14-16(24-18(26)28-14)23-17(22-15)27-10(3)12-4-5-20-7-13(12)19/h4-5,7,9-11,25H,6,8H2,1-3H3,(H2,21,22,23,24,26)/t10?,11-/m1/s1. The molecule has 0 saturated heterocycles. The van der Waals surface area contributed by atoms with Gasteiger partial charge in [-0.25, -0.2) is 14.4 Å². The molecule has 3 rings (SSSR count). The number of thiazole rings is 1. The summed E-state index contributed by atoms with van der Waals surface area (Å²) in [4.78, 5) is 27.0. The smallest absolute Gasteiger partial charge is 0.306 e. The Bertz CT molecular complexity index is 1010. The lowest BCUT2D eigenvalue weighted by Gasteiger charge is -2.19. The Hall–Kier alpha value is -2.04. The molecule has 0 aliphatic carbocycles. The molecule has 0 bridgehead atoms. The molecule has 1 unspecified atom stereocenters. The number of aliphatic hydroxyl groups excluding tert-OH is 1. The number of rotatable bonds is 8. The van der Waals surface area contributed by atoms with Crippen molar-refractivity contribution >= 4 is 39.3 Å². The Labute approximate surface area is 169 Å². The number of fused-ring (bicyclic) bond motifs is 1. The van der Waals surface area contributed by atoms with Crippen molar-refractivity contribution < 1.29 is 9.50 Å². The molecule has 150 valence electrons. The number of aromatic nitrogens is 4. The average molecular weight is 424 g/mol. The highest BCUT2D eigenvalue weighted by Gasteiger charge is 2.19. The molecule has 3 N–H and O–H groups in total. The minimum absolute atomic E-state index is 0.0515. The van der Waals surface area contributed by atoms with E-state index < -0.39 is 0 Å². The third kappa shape index (κ3) is 4.86. The van der Waals surface area contributed by atoms with E-state index in [2.05, 4.69) is 39.1 Å². The summed E-state index contributed by atoms with van der Waals surface area (Å²) in [5.41, 5.74) is 0.934. The summed E-state index contributed by atoms with van der Waals surface area (Å²) in [6.07, 6.45) is 3.47. The van der Waals surface area contributed by atoms with Gasteiger partial charge in [0.05, 0.1) is 18.8 Å². The molecule has 3 aromatic heterocycles. The van der Waals surface area contributed by atoms with E-state index in [4.69, 9.17) is 0 Å². The average Bonchev–Trinajstić information content (AvgIpc) is 3.01. The molecule has 7 nitrogen and oxygen atoms in total. The maximum Gasteiger partial charge on any atom is 0.306 e. The van der Waals surface area contributed by atoms with E-state index in [1.165, 1.54) is 18.0 Å². The molecule has 2 atom stereocenters. The fourth-order valence-electron chi connectivity index (χ4n) is 2.86. The highest BCUT2D eigenvalue weighted by atomic mass is 32.2. The molecule has 3 aromatic rings. The lowest BCUT2D eigenvalue weighted by Crippen LogP contribution is -2.26. The van der Waals surface area contributed by atoms with Gasteiger partial charge in [-0.2, -0.15) is 0 Å². The molecule has 0 saturated carbocycles. The Kier molecular flexibility index (Phi) is 6.63. The number of nitrogens with one attached hydrogen (secondary N) is 2. The Morgan fingerprint density at radius 2 is 2.14 bits per heavy atom. The van der Waals surface area contributed by atoms with Gasteiger partial charge >= 0.3 is 4.87 Å². The second-order valence-corrected chi connectivity index (χ2v) is 9.15. The van der Waals surface area contributed by atoms with Crippen LogP contribution in [0.25, 0.3) is 10.3 Å². The summed E-state index contributed by atoms with van der Waals surface area (Å²) in [6.45, 7) is 5.95. The second-order valence-electron chi connectivity index (χ2n) is 6.86. The molecule has 0 spiro atoms. The van der Waals surface area contributed by atoms with E-state index in [1.807, 2.05) is 6.92 Å². The van der Waals surface area contributed by atoms with Crippen molar-refractivity contribution in [3.63, 3.8) is 0 Å². The third-order valence-electron chi connectivity index (χ3n) is 4.10. The summed E-state index contributed by atoms with van der Waals surface area (Å²) >= 11 is 2.31. The fraction of sp³-hybridized carbons (Fsp3) is 0.444. The van der Waals surface area contributed by atoms with Crippen LogP contribution in [0.4, 0.5) is 10.2 Å². The number of nitrogens with zero attached hydrogens (tertiary/aromatic N) is 3. The first kappa shape index (κ1) is 20.7. The van der Waals surface area contributed by atoms with Gasteiger partial charge in [0.15, 0.2) is 16.6 Å². The summed E-state index contributed by atoms with van der Waals surface area (Å²) in [5, 5.41) is 13.1. The normalized spacial score (nSPS) is 13.8. The molecule has 10 heteroatoms. The maximum absolute atomic E-state index is 14.0. The zero-order valence-corrected chi connectivity index (χ0v) is 17.4. The molecule has 0 fully saturated rings. The first-order chi connectivity index (χ1) is 13.4. The number of hydrogen-bond acceptors (Lipinski definition) is 8. The minimum Gasteiger partial charge on any atom is -0.394 e. The van der Waals surface area contributed by atoms with Crippen LogP contribution in [-0.4, -0.2) is 37.7 Å². The van der Waals surface area contributed by atoms with E-state index >= 15 is 0 Å². The van der Waals surface area contributed by atoms with Gasteiger partial charge in [-0.3, -0.25) is 14.8 Å². The van der Waals surface area contributed by atoms with Gasteiger partial charge in [0.2, 0.25) is 0 Å². The Morgan fingerprint density at radius 3 is 2.82 bits per heavy atom. The predicted octanol–water partition coefficient (Wildman–Crippen LogP) is 3.59. The van der Waals surface area contributed by atoms with Crippen molar-refractivity contribution in [3.8, 4) is 0 Å². The molecular formula is C18H22FN5O2S2.